The van der Waals surface area contributed by atoms with Crippen LogP contribution in [0.1, 0.15) is 11.3 Å². The van der Waals surface area contributed by atoms with Crippen LogP contribution in [-0.2, 0) is 6.61 Å². The van der Waals surface area contributed by atoms with Crippen molar-refractivity contribution in [2.45, 2.75) is 13.5 Å². The van der Waals surface area contributed by atoms with Gasteiger partial charge < -0.3 is 10.5 Å². The number of aryl methyl sites for hydroxylation is 1. The molecule has 0 saturated carbocycles. The van der Waals surface area contributed by atoms with Crippen LogP contribution in [0.5, 0.6) is 5.75 Å². The highest BCUT2D eigenvalue weighted by Crippen LogP contribution is 2.30. The Morgan fingerprint density at radius 2 is 2.00 bits per heavy atom. The SMILES string of the molecule is Cc1cc(Br)cc(N)c1OCc1ccc(Br)cn1. The Morgan fingerprint density at radius 3 is 2.61 bits per heavy atom. The Bertz CT molecular complexity index is 532. The lowest BCUT2D eigenvalue weighted by Gasteiger charge is -2.12. The van der Waals surface area contributed by atoms with Gasteiger partial charge in [0, 0.05) is 15.1 Å². The molecule has 18 heavy (non-hydrogen) atoms. The number of halogens is 2. The quantitative estimate of drug-likeness (QED) is 0.827. The monoisotopic (exact) mass is 370 g/mol. The Balaban J connectivity index is 2.13. The second-order valence-corrected chi connectivity index (χ2v) is 5.73. The van der Waals surface area contributed by atoms with Gasteiger partial charge in [-0.05, 0) is 52.7 Å². The van der Waals surface area contributed by atoms with Crippen molar-refractivity contribution < 1.29 is 4.74 Å². The number of ether oxygens (including phenoxy) is 1. The van der Waals surface area contributed by atoms with Crippen LogP contribution in [0.4, 0.5) is 5.69 Å². The third-order valence-electron chi connectivity index (χ3n) is 2.42. The molecule has 1 heterocycles. The summed E-state index contributed by atoms with van der Waals surface area (Å²) < 4.78 is 7.63. The minimum Gasteiger partial charge on any atom is -0.485 e. The summed E-state index contributed by atoms with van der Waals surface area (Å²) in [5.41, 5.74) is 8.41. The summed E-state index contributed by atoms with van der Waals surface area (Å²) in [5.74, 6) is 0.711. The fourth-order valence-electron chi connectivity index (χ4n) is 1.59. The first kappa shape index (κ1) is 13.4. The lowest BCUT2D eigenvalue weighted by Crippen LogP contribution is -2.02. The first-order valence-corrected chi connectivity index (χ1v) is 6.93. The summed E-state index contributed by atoms with van der Waals surface area (Å²) in [5, 5.41) is 0. The van der Waals surface area contributed by atoms with Crippen molar-refractivity contribution >= 4 is 37.5 Å². The molecule has 0 atom stereocenters. The molecule has 0 aliphatic heterocycles. The molecule has 0 radical (unpaired) electrons. The van der Waals surface area contributed by atoms with E-state index in [1.165, 1.54) is 0 Å². The Labute approximate surface area is 123 Å². The second kappa shape index (κ2) is 5.71. The van der Waals surface area contributed by atoms with Gasteiger partial charge in [-0.15, -0.1) is 0 Å². The molecule has 0 saturated heterocycles. The summed E-state index contributed by atoms with van der Waals surface area (Å²) >= 11 is 6.74. The van der Waals surface area contributed by atoms with Crippen molar-refractivity contribution in [2.75, 3.05) is 5.73 Å². The molecule has 94 valence electrons. The molecule has 0 spiro atoms. The van der Waals surface area contributed by atoms with Gasteiger partial charge >= 0.3 is 0 Å². The van der Waals surface area contributed by atoms with Crippen molar-refractivity contribution in [1.82, 2.24) is 4.98 Å². The van der Waals surface area contributed by atoms with Crippen LogP contribution in [0, 0.1) is 6.92 Å². The van der Waals surface area contributed by atoms with E-state index in [2.05, 4.69) is 36.8 Å². The highest BCUT2D eigenvalue weighted by Gasteiger charge is 2.07. The maximum atomic E-state index is 5.93. The summed E-state index contributed by atoms with van der Waals surface area (Å²) in [7, 11) is 0. The van der Waals surface area contributed by atoms with Gasteiger partial charge in [0.1, 0.15) is 12.4 Å². The molecular weight excluding hydrogens is 360 g/mol. The van der Waals surface area contributed by atoms with Gasteiger partial charge in [-0.2, -0.15) is 0 Å². The number of aromatic nitrogens is 1. The highest BCUT2D eigenvalue weighted by atomic mass is 79.9. The van der Waals surface area contributed by atoms with E-state index in [9.17, 15) is 0 Å². The van der Waals surface area contributed by atoms with Crippen molar-refractivity contribution in [2.24, 2.45) is 0 Å². The molecule has 0 fully saturated rings. The van der Waals surface area contributed by atoms with Crippen LogP contribution in [0.15, 0.2) is 39.4 Å². The number of benzene rings is 1. The lowest BCUT2D eigenvalue weighted by atomic mass is 10.2. The number of nitrogens with two attached hydrogens (primary N) is 1. The van der Waals surface area contributed by atoms with Crippen LogP contribution in [0.25, 0.3) is 0 Å². The summed E-state index contributed by atoms with van der Waals surface area (Å²) in [6.45, 7) is 2.37. The van der Waals surface area contributed by atoms with Gasteiger partial charge in [-0.25, -0.2) is 0 Å². The maximum absolute atomic E-state index is 5.93. The normalized spacial score (nSPS) is 10.4. The predicted octanol–water partition coefficient (Wildman–Crippen LogP) is 4.08. The smallest absolute Gasteiger partial charge is 0.145 e. The Morgan fingerprint density at radius 1 is 1.22 bits per heavy atom. The molecule has 0 aliphatic carbocycles. The molecule has 1 aromatic heterocycles. The fourth-order valence-corrected chi connectivity index (χ4v) is 2.42. The summed E-state index contributed by atoms with van der Waals surface area (Å²) in [6, 6.07) is 7.65. The molecule has 2 N–H and O–H groups in total. The van der Waals surface area contributed by atoms with Gasteiger partial charge in [0.15, 0.2) is 0 Å². The third-order valence-corrected chi connectivity index (χ3v) is 3.35. The molecule has 2 aromatic rings. The van der Waals surface area contributed by atoms with E-state index in [0.29, 0.717) is 18.0 Å². The number of nitrogens with zero attached hydrogens (tertiary/aromatic N) is 1. The average molecular weight is 372 g/mol. The molecule has 3 nitrogen and oxygen atoms in total. The van der Waals surface area contributed by atoms with E-state index >= 15 is 0 Å². The Kier molecular flexibility index (Phi) is 4.24. The topological polar surface area (TPSA) is 48.1 Å². The average Bonchev–Trinajstić information content (AvgIpc) is 2.30. The van der Waals surface area contributed by atoms with E-state index in [1.54, 1.807) is 6.20 Å². The molecule has 0 bridgehead atoms. The van der Waals surface area contributed by atoms with Gasteiger partial charge in [0.05, 0.1) is 11.4 Å². The van der Waals surface area contributed by atoms with Gasteiger partial charge in [-0.3, -0.25) is 4.98 Å². The fraction of sp³-hybridized carbons (Fsp3) is 0.154. The number of rotatable bonds is 3. The number of anilines is 1. The summed E-state index contributed by atoms with van der Waals surface area (Å²) in [4.78, 5) is 4.25. The van der Waals surface area contributed by atoms with E-state index < -0.39 is 0 Å². The number of nitrogen functional groups attached to an aromatic ring is 1. The van der Waals surface area contributed by atoms with Gasteiger partial charge in [0.2, 0.25) is 0 Å². The first-order chi connectivity index (χ1) is 8.56. The Hall–Kier alpha value is -1.07. The number of hydrogen-bond acceptors (Lipinski definition) is 3. The molecular formula is C13H12Br2N2O. The van der Waals surface area contributed by atoms with Crippen LogP contribution in [-0.4, -0.2) is 4.98 Å². The number of pyridine rings is 1. The third kappa shape index (κ3) is 3.23. The van der Waals surface area contributed by atoms with Crippen molar-refractivity contribution in [3.05, 3.63) is 50.7 Å². The standard InChI is InChI=1S/C13H12Br2N2O/c1-8-4-10(15)5-12(16)13(8)18-7-11-3-2-9(14)6-17-11/h2-6H,7,16H2,1H3. The zero-order valence-electron chi connectivity index (χ0n) is 9.78. The van der Waals surface area contributed by atoms with Gasteiger partial charge in [0.25, 0.3) is 0 Å². The summed E-state index contributed by atoms with van der Waals surface area (Å²) in [6.07, 6.45) is 1.75. The van der Waals surface area contributed by atoms with Crippen LogP contribution >= 0.6 is 31.9 Å². The molecule has 2 rings (SSSR count). The predicted molar refractivity (Wildman–Crippen MR) is 79.6 cm³/mol. The molecule has 0 unspecified atom stereocenters. The lowest BCUT2D eigenvalue weighted by molar-refractivity contribution is 0.301. The first-order valence-electron chi connectivity index (χ1n) is 5.35. The van der Waals surface area contributed by atoms with E-state index in [1.807, 2.05) is 31.2 Å². The van der Waals surface area contributed by atoms with E-state index in [4.69, 9.17) is 10.5 Å². The van der Waals surface area contributed by atoms with Crippen molar-refractivity contribution in [3.8, 4) is 5.75 Å². The van der Waals surface area contributed by atoms with E-state index in [0.717, 1.165) is 20.2 Å². The molecule has 1 aromatic carbocycles. The minimum absolute atomic E-state index is 0.403. The minimum atomic E-state index is 0.403. The molecule has 0 amide bonds. The van der Waals surface area contributed by atoms with Crippen LogP contribution < -0.4 is 10.5 Å². The highest BCUT2D eigenvalue weighted by molar-refractivity contribution is 9.10. The zero-order valence-corrected chi connectivity index (χ0v) is 13.0. The zero-order chi connectivity index (χ0) is 13.1. The second-order valence-electron chi connectivity index (χ2n) is 3.90. The van der Waals surface area contributed by atoms with Gasteiger partial charge in [-0.1, -0.05) is 15.9 Å². The van der Waals surface area contributed by atoms with E-state index in [-0.39, 0.29) is 0 Å². The molecule has 0 aliphatic rings. The maximum Gasteiger partial charge on any atom is 0.145 e. The van der Waals surface area contributed by atoms with Crippen LogP contribution in [0.3, 0.4) is 0 Å². The van der Waals surface area contributed by atoms with Crippen molar-refractivity contribution in [3.63, 3.8) is 0 Å². The molecule has 5 heteroatoms. The number of hydrogen-bond donors (Lipinski definition) is 1. The van der Waals surface area contributed by atoms with Crippen LogP contribution in [0.2, 0.25) is 0 Å². The van der Waals surface area contributed by atoms with Crippen molar-refractivity contribution in [1.29, 1.82) is 0 Å². The largest absolute Gasteiger partial charge is 0.485 e.